The average molecular weight is 223 g/mol. The van der Waals surface area contributed by atoms with E-state index in [0.717, 1.165) is 22.2 Å². The summed E-state index contributed by atoms with van der Waals surface area (Å²) >= 11 is 0. The largest absolute Gasteiger partial charge is 0.345 e. The Morgan fingerprint density at radius 1 is 1.00 bits per heavy atom. The van der Waals surface area contributed by atoms with Crippen LogP contribution in [0.4, 0.5) is 0 Å². The molecule has 0 saturated carbocycles. The van der Waals surface area contributed by atoms with Crippen LogP contribution in [-0.2, 0) is 0 Å². The van der Waals surface area contributed by atoms with Crippen molar-refractivity contribution in [2.75, 3.05) is 0 Å². The smallest absolute Gasteiger partial charge is 0.0931 e. The van der Waals surface area contributed by atoms with Gasteiger partial charge in [-0.3, -0.25) is 0 Å². The zero-order valence-corrected chi connectivity index (χ0v) is 9.30. The highest BCUT2D eigenvalue weighted by atomic mass is 14.9. The van der Waals surface area contributed by atoms with Gasteiger partial charge in [0.2, 0.25) is 0 Å². The highest BCUT2D eigenvalue weighted by Gasteiger charge is 2.09. The minimum Gasteiger partial charge on any atom is -0.345 e. The van der Waals surface area contributed by atoms with E-state index in [2.05, 4.69) is 16.0 Å². The molecule has 1 heterocycles. The summed E-state index contributed by atoms with van der Waals surface area (Å²) < 4.78 is 0. The summed E-state index contributed by atoms with van der Waals surface area (Å²) in [4.78, 5) is 7.30. The van der Waals surface area contributed by atoms with Crippen molar-refractivity contribution < 1.29 is 0 Å². The van der Waals surface area contributed by atoms with Crippen LogP contribution in [0, 0.1) is 0 Å². The molecule has 3 heteroatoms. The first kappa shape index (κ1) is 10.1. The summed E-state index contributed by atoms with van der Waals surface area (Å²) in [7, 11) is 0. The summed E-state index contributed by atoms with van der Waals surface area (Å²) in [6.07, 6.45) is 1.70. The molecule has 0 radical (unpaired) electrons. The number of nitrogens with zero attached hydrogens (tertiary/aromatic N) is 1. The van der Waals surface area contributed by atoms with Crippen LogP contribution < -0.4 is 5.73 Å². The highest BCUT2D eigenvalue weighted by molar-refractivity contribution is 5.75. The molecule has 0 fully saturated rings. The number of benzene rings is 2. The molecule has 0 unspecified atom stereocenters. The Morgan fingerprint density at radius 3 is 2.65 bits per heavy atom. The summed E-state index contributed by atoms with van der Waals surface area (Å²) in [5.41, 5.74) is 10.4. The first-order valence-electron chi connectivity index (χ1n) is 5.58. The van der Waals surface area contributed by atoms with Gasteiger partial charge in [-0.25, -0.2) is 4.98 Å². The van der Waals surface area contributed by atoms with Gasteiger partial charge >= 0.3 is 0 Å². The van der Waals surface area contributed by atoms with Crippen LogP contribution in [0.25, 0.3) is 11.0 Å². The fraction of sp³-hybridized carbons (Fsp3) is 0.0714. The van der Waals surface area contributed by atoms with Crippen LogP contribution in [-0.4, -0.2) is 9.97 Å². The Hall–Kier alpha value is -2.13. The molecule has 84 valence electrons. The average Bonchev–Trinajstić information content (AvgIpc) is 2.86. The second-order valence-corrected chi connectivity index (χ2v) is 4.07. The molecule has 2 aromatic carbocycles. The lowest BCUT2D eigenvalue weighted by atomic mass is 9.99. The van der Waals surface area contributed by atoms with E-state index in [1.165, 1.54) is 0 Å². The first-order chi connectivity index (χ1) is 8.34. The minimum atomic E-state index is -0.0936. The van der Waals surface area contributed by atoms with Gasteiger partial charge in [-0.1, -0.05) is 36.4 Å². The number of nitrogens with two attached hydrogens (primary N) is 1. The zero-order valence-electron chi connectivity index (χ0n) is 9.30. The summed E-state index contributed by atoms with van der Waals surface area (Å²) in [5, 5.41) is 0. The van der Waals surface area contributed by atoms with E-state index >= 15 is 0 Å². The van der Waals surface area contributed by atoms with Gasteiger partial charge in [-0.15, -0.1) is 0 Å². The van der Waals surface area contributed by atoms with Crippen molar-refractivity contribution in [2.45, 2.75) is 6.04 Å². The predicted molar refractivity (Wildman–Crippen MR) is 68.6 cm³/mol. The molecular formula is C14H13N3. The number of fused-ring (bicyclic) bond motifs is 1. The van der Waals surface area contributed by atoms with E-state index < -0.39 is 0 Å². The molecule has 0 spiro atoms. The van der Waals surface area contributed by atoms with Gasteiger partial charge < -0.3 is 10.7 Å². The quantitative estimate of drug-likeness (QED) is 0.701. The number of aromatic nitrogens is 2. The summed E-state index contributed by atoms with van der Waals surface area (Å²) in [6.45, 7) is 0. The Balaban J connectivity index is 2.03. The third-order valence-electron chi connectivity index (χ3n) is 2.96. The van der Waals surface area contributed by atoms with Crippen LogP contribution in [0.1, 0.15) is 17.2 Å². The molecule has 0 amide bonds. The van der Waals surface area contributed by atoms with Crippen LogP contribution in [0.2, 0.25) is 0 Å². The second kappa shape index (κ2) is 4.03. The normalized spacial score (nSPS) is 12.8. The Kier molecular flexibility index (Phi) is 2.38. The molecule has 0 aliphatic carbocycles. The number of nitrogens with one attached hydrogen (secondary N) is 1. The Morgan fingerprint density at radius 2 is 1.82 bits per heavy atom. The fourth-order valence-electron chi connectivity index (χ4n) is 2.00. The predicted octanol–water partition coefficient (Wildman–Crippen LogP) is 2.61. The summed E-state index contributed by atoms with van der Waals surface area (Å²) in [6, 6.07) is 16.1. The van der Waals surface area contributed by atoms with Crippen LogP contribution in [0.15, 0.2) is 54.9 Å². The van der Waals surface area contributed by atoms with E-state index in [-0.39, 0.29) is 6.04 Å². The monoisotopic (exact) mass is 223 g/mol. The molecule has 1 atom stereocenters. The zero-order chi connectivity index (χ0) is 11.7. The Bertz CT molecular complexity index is 628. The number of aromatic amines is 1. The molecular weight excluding hydrogens is 210 g/mol. The molecule has 0 saturated heterocycles. The van der Waals surface area contributed by atoms with Crippen molar-refractivity contribution in [1.29, 1.82) is 0 Å². The van der Waals surface area contributed by atoms with Crippen molar-refractivity contribution in [3.63, 3.8) is 0 Å². The van der Waals surface area contributed by atoms with Gasteiger partial charge in [0, 0.05) is 0 Å². The van der Waals surface area contributed by atoms with Crippen molar-refractivity contribution in [3.8, 4) is 0 Å². The van der Waals surface area contributed by atoms with Crippen LogP contribution >= 0.6 is 0 Å². The van der Waals surface area contributed by atoms with Crippen LogP contribution in [0.5, 0.6) is 0 Å². The molecule has 3 N–H and O–H groups in total. The number of rotatable bonds is 2. The van der Waals surface area contributed by atoms with Gasteiger partial charge in [0.05, 0.1) is 23.4 Å². The number of hydrogen-bond donors (Lipinski definition) is 2. The summed E-state index contributed by atoms with van der Waals surface area (Å²) in [5.74, 6) is 0. The SMILES string of the molecule is N[C@H](c1ccccc1)c1ccc2nc[nH]c2c1. The van der Waals surface area contributed by atoms with Gasteiger partial charge in [-0.05, 0) is 23.3 Å². The standard InChI is InChI=1S/C14H13N3/c15-14(10-4-2-1-3-5-10)11-6-7-12-13(8-11)17-9-16-12/h1-9,14H,15H2,(H,16,17)/t14-/m1/s1. The third-order valence-corrected chi connectivity index (χ3v) is 2.96. The number of imidazole rings is 1. The number of hydrogen-bond acceptors (Lipinski definition) is 2. The molecule has 3 rings (SSSR count). The molecule has 3 aromatic rings. The van der Waals surface area contributed by atoms with E-state index in [1.807, 2.05) is 42.5 Å². The molecule has 1 aromatic heterocycles. The van der Waals surface area contributed by atoms with E-state index in [0.29, 0.717) is 0 Å². The van der Waals surface area contributed by atoms with Crippen LogP contribution in [0.3, 0.4) is 0 Å². The van der Waals surface area contributed by atoms with E-state index in [1.54, 1.807) is 6.33 Å². The number of H-pyrrole nitrogens is 1. The van der Waals surface area contributed by atoms with Gasteiger partial charge in [-0.2, -0.15) is 0 Å². The van der Waals surface area contributed by atoms with E-state index in [9.17, 15) is 0 Å². The highest BCUT2D eigenvalue weighted by Crippen LogP contribution is 2.21. The molecule has 0 bridgehead atoms. The van der Waals surface area contributed by atoms with Crippen molar-refractivity contribution in [1.82, 2.24) is 9.97 Å². The molecule has 17 heavy (non-hydrogen) atoms. The topological polar surface area (TPSA) is 54.7 Å². The van der Waals surface area contributed by atoms with Gasteiger partial charge in [0.15, 0.2) is 0 Å². The Labute approximate surface area is 99.3 Å². The van der Waals surface area contributed by atoms with Gasteiger partial charge in [0.25, 0.3) is 0 Å². The third kappa shape index (κ3) is 1.81. The van der Waals surface area contributed by atoms with Crippen molar-refractivity contribution in [2.24, 2.45) is 5.73 Å². The van der Waals surface area contributed by atoms with E-state index in [4.69, 9.17) is 5.73 Å². The maximum atomic E-state index is 6.24. The molecule has 0 aliphatic heterocycles. The maximum absolute atomic E-state index is 6.24. The minimum absolute atomic E-state index is 0.0936. The maximum Gasteiger partial charge on any atom is 0.0931 e. The first-order valence-corrected chi connectivity index (χ1v) is 5.58. The lowest BCUT2D eigenvalue weighted by Crippen LogP contribution is -2.11. The van der Waals surface area contributed by atoms with Crippen molar-refractivity contribution in [3.05, 3.63) is 66.0 Å². The van der Waals surface area contributed by atoms with Gasteiger partial charge in [0.1, 0.15) is 0 Å². The molecule has 3 nitrogen and oxygen atoms in total. The molecule has 0 aliphatic rings. The lowest BCUT2D eigenvalue weighted by Gasteiger charge is -2.12. The van der Waals surface area contributed by atoms with Crippen molar-refractivity contribution >= 4 is 11.0 Å². The second-order valence-electron chi connectivity index (χ2n) is 4.07. The lowest BCUT2D eigenvalue weighted by molar-refractivity contribution is 0.873. The fourth-order valence-corrected chi connectivity index (χ4v) is 2.00.